The van der Waals surface area contributed by atoms with Crippen molar-refractivity contribution in [2.75, 3.05) is 11.0 Å². The fourth-order valence-electron chi connectivity index (χ4n) is 7.61. The molecule has 20 heteroatoms. The van der Waals surface area contributed by atoms with E-state index >= 15 is 8.78 Å². The first-order valence-electron chi connectivity index (χ1n) is 17.7. The lowest BCUT2D eigenvalue weighted by Gasteiger charge is -2.27. The smallest absolute Gasteiger partial charge is 0.296 e. The molecular formula is C39H30ClF6N9O3S. The number of aromatic nitrogens is 7. The van der Waals surface area contributed by atoms with E-state index < -0.39 is 75.7 Å². The number of alkyl halides is 4. The van der Waals surface area contributed by atoms with Crippen LogP contribution in [-0.2, 0) is 47.8 Å². The van der Waals surface area contributed by atoms with Gasteiger partial charge in [0.2, 0.25) is 15.9 Å². The van der Waals surface area contributed by atoms with Crippen molar-refractivity contribution in [3.8, 4) is 23.0 Å². The molecule has 12 nitrogen and oxygen atoms in total. The number of allylic oxidation sites excluding steroid dienone is 2. The van der Waals surface area contributed by atoms with Crippen LogP contribution in [0.25, 0.3) is 22.0 Å². The van der Waals surface area contributed by atoms with Gasteiger partial charge in [-0.3, -0.25) is 18.9 Å². The van der Waals surface area contributed by atoms with Gasteiger partial charge in [0.25, 0.3) is 12.3 Å². The highest BCUT2D eigenvalue weighted by Gasteiger charge is 2.60. The monoisotopic (exact) mass is 853 g/mol. The van der Waals surface area contributed by atoms with Gasteiger partial charge in [-0.1, -0.05) is 29.8 Å². The van der Waals surface area contributed by atoms with Gasteiger partial charge < -0.3 is 9.88 Å². The molecule has 4 aromatic heterocycles. The zero-order chi connectivity index (χ0) is 42.1. The third-order valence-electron chi connectivity index (χ3n) is 9.98. The van der Waals surface area contributed by atoms with Crippen LogP contribution in [0.3, 0.4) is 0 Å². The molecule has 4 heterocycles. The summed E-state index contributed by atoms with van der Waals surface area (Å²) in [5.74, 6) is -3.05. The van der Waals surface area contributed by atoms with Gasteiger partial charge in [0, 0.05) is 49.0 Å². The van der Waals surface area contributed by atoms with Crippen LogP contribution in [0.2, 0.25) is 5.02 Å². The van der Waals surface area contributed by atoms with E-state index in [1.807, 2.05) is 0 Å². The van der Waals surface area contributed by atoms with E-state index in [4.69, 9.17) is 16.6 Å². The van der Waals surface area contributed by atoms with E-state index in [2.05, 4.69) is 37.1 Å². The van der Waals surface area contributed by atoms with Gasteiger partial charge >= 0.3 is 0 Å². The Bertz CT molecular complexity index is 2890. The van der Waals surface area contributed by atoms with Gasteiger partial charge in [0.1, 0.15) is 41.0 Å². The quantitative estimate of drug-likeness (QED) is 0.0890. The summed E-state index contributed by atoms with van der Waals surface area (Å²) in [6, 6.07) is 7.68. The fourth-order valence-corrected chi connectivity index (χ4v) is 8.34. The average molecular weight is 854 g/mol. The van der Waals surface area contributed by atoms with E-state index in [-0.39, 0.29) is 45.2 Å². The Kier molecular flexibility index (Phi) is 9.82. The van der Waals surface area contributed by atoms with Crippen LogP contribution in [0.4, 0.5) is 32.2 Å². The largest absolute Gasteiger partial charge is 0.346 e. The van der Waals surface area contributed by atoms with Crippen LogP contribution in [-0.4, -0.2) is 54.7 Å². The van der Waals surface area contributed by atoms with Crippen LogP contribution >= 0.6 is 11.6 Å². The number of benzene rings is 2. The number of anilines is 1. The second-order valence-corrected chi connectivity index (χ2v) is 16.4. The number of hydrogen-bond donors (Lipinski definition) is 2. The normalized spacial score (nSPS) is 17.0. The molecule has 3 atom stereocenters. The second-order valence-electron chi connectivity index (χ2n) is 14.2. The van der Waals surface area contributed by atoms with Crippen LogP contribution in [0.1, 0.15) is 58.0 Å². The molecule has 6 aromatic rings. The van der Waals surface area contributed by atoms with Gasteiger partial charge in [0.05, 0.1) is 46.2 Å². The zero-order valence-corrected chi connectivity index (χ0v) is 32.6. The Morgan fingerprint density at radius 1 is 0.983 bits per heavy atom. The Morgan fingerprint density at radius 2 is 1.69 bits per heavy atom. The predicted molar refractivity (Wildman–Crippen MR) is 204 cm³/mol. The number of fused-ring (bicyclic) bond motifs is 4. The zero-order valence-electron chi connectivity index (χ0n) is 31.0. The Hall–Kier alpha value is -6.13. The first-order chi connectivity index (χ1) is 27.9. The SMILES string of the molecule is Cn1cnc(C#Cc2ccc(-c3ccc(Cl)c4c(NS(C)(=O)=O)nn(C)c34)c([C@H](Cc3cc(F)cc(F)c3)NC(=O)Cn3nc(C(F)F)c4c3C(F)(F)[C@@H]3C=C[C@H]43)n2)c1. The molecule has 0 radical (unpaired) electrons. The summed E-state index contributed by atoms with van der Waals surface area (Å²) < 4.78 is 119. The summed E-state index contributed by atoms with van der Waals surface area (Å²) in [5.41, 5.74) is -0.329. The maximum Gasteiger partial charge on any atom is 0.296 e. The van der Waals surface area contributed by atoms with E-state index in [1.165, 1.54) is 29.9 Å². The number of aryl methyl sites for hydroxylation is 2. The van der Waals surface area contributed by atoms with Crippen molar-refractivity contribution >= 4 is 44.3 Å². The van der Waals surface area contributed by atoms with E-state index in [1.54, 1.807) is 42.3 Å². The Balaban J connectivity index is 1.28. The highest BCUT2D eigenvalue weighted by Crippen LogP contribution is 2.60. The fraction of sp³-hybridized carbons (Fsp3) is 0.256. The summed E-state index contributed by atoms with van der Waals surface area (Å²) in [4.78, 5) is 23.0. The maximum atomic E-state index is 15.6. The lowest BCUT2D eigenvalue weighted by molar-refractivity contribution is -0.123. The molecule has 0 unspecified atom stereocenters. The molecule has 0 aliphatic heterocycles. The van der Waals surface area contributed by atoms with Crippen molar-refractivity contribution in [3.63, 3.8) is 0 Å². The molecule has 0 saturated heterocycles. The van der Waals surface area contributed by atoms with Crippen LogP contribution in [0.15, 0.2) is 67.1 Å². The molecule has 0 bridgehead atoms. The molecule has 59 heavy (non-hydrogen) atoms. The van der Waals surface area contributed by atoms with Crippen molar-refractivity contribution in [2.45, 2.75) is 37.3 Å². The lowest BCUT2D eigenvalue weighted by atomic mass is 9.81. The van der Waals surface area contributed by atoms with Crippen molar-refractivity contribution in [2.24, 2.45) is 20.0 Å². The predicted octanol–water partition coefficient (Wildman–Crippen LogP) is 6.68. The average Bonchev–Trinajstić information content (AvgIpc) is 3.83. The molecule has 2 aromatic carbocycles. The molecular weight excluding hydrogens is 824 g/mol. The van der Waals surface area contributed by atoms with Gasteiger partial charge in [0.15, 0.2) is 5.82 Å². The molecule has 304 valence electrons. The Morgan fingerprint density at radius 3 is 2.34 bits per heavy atom. The van der Waals surface area contributed by atoms with Gasteiger partial charge in [-0.25, -0.2) is 35.9 Å². The topological polar surface area (TPSA) is 142 Å². The minimum absolute atomic E-state index is 0.0566. The van der Waals surface area contributed by atoms with E-state index in [9.17, 15) is 30.8 Å². The molecule has 0 spiro atoms. The highest BCUT2D eigenvalue weighted by atomic mass is 35.5. The number of hydrogen-bond acceptors (Lipinski definition) is 7. The molecule has 2 N–H and O–H groups in total. The summed E-state index contributed by atoms with van der Waals surface area (Å²) in [6.45, 7) is -0.931. The molecule has 2 aliphatic carbocycles. The number of carbonyl (C=O) groups is 1. The number of halogens is 7. The molecule has 8 rings (SSSR count). The van der Waals surface area contributed by atoms with Crippen molar-refractivity contribution in [3.05, 3.63) is 123 Å². The van der Waals surface area contributed by atoms with Crippen LogP contribution in [0, 0.1) is 29.4 Å². The number of sulfonamides is 1. The summed E-state index contributed by atoms with van der Waals surface area (Å²) in [7, 11) is -0.538. The number of imidazole rings is 1. The van der Waals surface area contributed by atoms with E-state index in [0.29, 0.717) is 33.1 Å². The third-order valence-corrected chi connectivity index (χ3v) is 10.9. The molecule has 0 fully saturated rings. The lowest BCUT2D eigenvalue weighted by Crippen LogP contribution is -2.35. The van der Waals surface area contributed by atoms with Crippen molar-refractivity contribution in [1.82, 2.24) is 39.4 Å². The number of nitrogens with zero attached hydrogens (tertiary/aromatic N) is 7. The third kappa shape index (κ3) is 7.42. The highest BCUT2D eigenvalue weighted by molar-refractivity contribution is 7.92. The van der Waals surface area contributed by atoms with Gasteiger partial charge in [-0.05, 0) is 54.2 Å². The van der Waals surface area contributed by atoms with Crippen LogP contribution < -0.4 is 10.0 Å². The number of rotatable bonds is 10. The van der Waals surface area contributed by atoms with Gasteiger partial charge in [-0.15, -0.1) is 0 Å². The molecule has 1 amide bonds. The molecule has 2 aliphatic rings. The summed E-state index contributed by atoms with van der Waals surface area (Å²) in [6.07, 6.45) is 3.23. The minimum atomic E-state index is -3.83. The van der Waals surface area contributed by atoms with Gasteiger partial charge in [-0.2, -0.15) is 19.0 Å². The Labute approximate surface area is 337 Å². The number of amides is 1. The number of nitrogens with one attached hydrogen (secondary N) is 2. The van der Waals surface area contributed by atoms with Crippen LogP contribution in [0.5, 0.6) is 0 Å². The first-order valence-corrected chi connectivity index (χ1v) is 20.0. The number of carbonyl (C=O) groups excluding carboxylic acids is 1. The van der Waals surface area contributed by atoms with Crippen molar-refractivity contribution < 1.29 is 39.6 Å². The summed E-state index contributed by atoms with van der Waals surface area (Å²) in [5, 5.41) is 11.2. The second kappa shape index (κ2) is 14.6. The number of pyridine rings is 1. The van der Waals surface area contributed by atoms with E-state index in [0.717, 1.165) is 18.4 Å². The van der Waals surface area contributed by atoms with Crippen molar-refractivity contribution in [1.29, 1.82) is 0 Å². The first kappa shape index (κ1) is 39.7. The molecule has 0 saturated carbocycles. The maximum absolute atomic E-state index is 15.6. The summed E-state index contributed by atoms with van der Waals surface area (Å²) >= 11 is 6.61. The standard InChI is InChI=1S/C39H30ClF6N9O3S/c1-53-16-23(47-18-53)5-4-22-6-7-24(25-9-11-28(40)32-35(25)54(2)51-38(32)52-59(3,57)58)33(48-22)29(14-19-12-20(41)15-21(42)13-19)49-30(56)17-55-36-31(34(50-55)37(43)44)26-8-10-27(26)39(36,45)46/h6-13,15-16,18,26-27,29,37H,14,17H2,1-3H3,(H,49,56)(H,51,52)/t26-,27+,29-/m0/s1. The minimum Gasteiger partial charge on any atom is -0.346 e.